The highest BCUT2D eigenvalue weighted by Gasteiger charge is 2.35. The minimum atomic E-state index is -0.910. The average Bonchev–Trinajstić information content (AvgIpc) is 3.17. The summed E-state index contributed by atoms with van der Waals surface area (Å²) in [5.41, 5.74) is 8.59. The molecule has 1 unspecified atom stereocenters. The summed E-state index contributed by atoms with van der Waals surface area (Å²) in [4.78, 5) is 51.5. The number of amides is 5. The van der Waals surface area contributed by atoms with Gasteiger partial charge in [-0.25, -0.2) is 9.69 Å². The number of primary amides is 1. The minimum Gasteiger partial charge on any atom is -0.392 e. The molecule has 1 atom stereocenters. The van der Waals surface area contributed by atoms with E-state index >= 15 is 0 Å². The van der Waals surface area contributed by atoms with E-state index in [2.05, 4.69) is 5.32 Å². The lowest BCUT2D eigenvalue weighted by molar-refractivity contribution is -0.137. The zero-order valence-electron chi connectivity index (χ0n) is 16.7. The van der Waals surface area contributed by atoms with Crippen molar-refractivity contribution in [1.82, 2.24) is 10.2 Å². The summed E-state index contributed by atoms with van der Waals surface area (Å²) in [6.07, 6.45) is 0.763. The number of rotatable bonds is 4. The number of aliphatic hydroxyl groups is 1. The lowest BCUT2D eigenvalue weighted by Gasteiger charge is -2.29. The van der Waals surface area contributed by atoms with Crippen molar-refractivity contribution in [3.8, 4) is 0 Å². The first-order chi connectivity index (χ1) is 14.9. The topological polar surface area (TPSA) is 133 Å². The van der Waals surface area contributed by atoms with Gasteiger partial charge in [0.2, 0.25) is 11.8 Å². The van der Waals surface area contributed by atoms with Gasteiger partial charge in [-0.15, -0.1) is 0 Å². The van der Waals surface area contributed by atoms with E-state index in [4.69, 9.17) is 5.73 Å². The molecule has 9 heteroatoms. The number of nitrogens with two attached hydrogens (primary N) is 1. The van der Waals surface area contributed by atoms with Crippen molar-refractivity contribution < 1.29 is 24.3 Å². The molecule has 1 fully saturated rings. The minimum absolute atomic E-state index is 0.153. The summed E-state index contributed by atoms with van der Waals surface area (Å²) >= 11 is 0. The Balaban J connectivity index is 1.55. The Morgan fingerprint density at radius 2 is 1.81 bits per heavy atom. The predicted molar refractivity (Wildman–Crippen MR) is 111 cm³/mol. The van der Waals surface area contributed by atoms with Crippen LogP contribution in [0.3, 0.4) is 0 Å². The Morgan fingerprint density at radius 3 is 2.45 bits per heavy atom. The molecule has 2 aliphatic rings. The Hall–Kier alpha value is -3.56. The lowest BCUT2D eigenvalue weighted by Crippen LogP contribution is -2.50. The average molecular weight is 422 g/mol. The van der Waals surface area contributed by atoms with Crippen molar-refractivity contribution >= 4 is 29.4 Å². The molecule has 2 aromatic rings. The summed E-state index contributed by atoms with van der Waals surface area (Å²) in [7, 11) is 0. The number of piperidine rings is 1. The number of aliphatic hydroxyl groups excluding tert-OH is 1. The predicted octanol–water partition coefficient (Wildman–Crippen LogP) is 1.03. The van der Waals surface area contributed by atoms with Crippen molar-refractivity contribution in [2.45, 2.75) is 38.6 Å². The molecule has 0 saturated carbocycles. The summed E-state index contributed by atoms with van der Waals surface area (Å²) in [6, 6.07) is 10.2. The number of nitrogens with zero attached hydrogens (tertiary/aromatic N) is 2. The fraction of sp³-hybridized carbons (Fsp3) is 0.273. The third-order valence-corrected chi connectivity index (χ3v) is 5.65. The highest BCUT2D eigenvalue weighted by atomic mass is 16.3. The van der Waals surface area contributed by atoms with Gasteiger partial charge in [0.05, 0.1) is 18.3 Å². The number of benzene rings is 2. The molecule has 2 aromatic carbocycles. The molecule has 2 heterocycles. The molecule has 0 spiro atoms. The monoisotopic (exact) mass is 422 g/mol. The Morgan fingerprint density at radius 1 is 1.10 bits per heavy atom. The van der Waals surface area contributed by atoms with Crippen molar-refractivity contribution in [3.63, 3.8) is 0 Å². The van der Waals surface area contributed by atoms with Crippen LogP contribution in [-0.4, -0.2) is 39.8 Å². The first kappa shape index (κ1) is 20.7. The van der Waals surface area contributed by atoms with Crippen molar-refractivity contribution in [2.75, 3.05) is 4.90 Å². The van der Waals surface area contributed by atoms with Crippen LogP contribution in [0.25, 0.3) is 0 Å². The Bertz CT molecular complexity index is 1070. The van der Waals surface area contributed by atoms with Crippen LogP contribution in [0.5, 0.6) is 0 Å². The van der Waals surface area contributed by atoms with E-state index in [-0.39, 0.29) is 18.4 Å². The first-order valence-electron chi connectivity index (χ1n) is 9.90. The maximum absolute atomic E-state index is 13.1. The smallest absolute Gasteiger partial charge is 0.326 e. The fourth-order valence-electron chi connectivity index (χ4n) is 4.03. The van der Waals surface area contributed by atoms with Gasteiger partial charge in [0, 0.05) is 25.1 Å². The quantitative estimate of drug-likeness (QED) is 0.630. The Kier molecular flexibility index (Phi) is 5.53. The van der Waals surface area contributed by atoms with Crippen LogP contribution in [0.1, 0.15) is 39.9 Å². The normalized spacial score (nSPS) is 18.4. The zero-order chi connectivity index (χ0) is 22.1. The molecule has 2 aliphatic heterocycles. The second-order valence-electron chi connectivity index (χ2n) is 7.66. The number of hydrogen-bond acceptors (Lipinski definition) is 6. The van der Waals surface area contributed by atoms with Crippen LogP contribution in [0.15, 0.2) is 42.5 Å². The number of carbonyl (C=O) groups excluding carboxylic acids is 4. The number of anilines is 1. The number of urea groups is 1. The van der Waals surface area contributed by atoms with Crippen LogP contribution in [-0.2, 0) is 29.3 Å². The maximum atomic E-state index is 13.1. The number of nitrogens with one attached hydrogen (secondary N) is 1. The van der Waals surface area contributed by atoms with Crippen LogP contribution in [0.2, 0.25) is 0 Å². The molecule has 5 amide bonds. The van der Waals surface area contributed by atoms with Gasteiger partial charge in [-0.2, -0.15) is 0 Å². The second-order valence-corrected chi connectivity index (χ2v) is 7.66. The van der Waals surface area contributed by atoms with E-state index in [9.17, 15) is 24.3 Å². The SMILES string of the molecule is NC(=O)N(C(=O)c1ccc2c(c1)CN(C1CCC(=O)NC1=O)C2)c1ccc(CO)cc1. The number of hydrogen-bond donors (Lipinski definition) is 3. The molecule has 4 N–H and O–H groups in total. The van der Waals surface area contributed by atoms with Gasteiger partial charge in [0.15, 0.2) is 0 Å². The number of carbonyl (C=O) groups is 4. The molecule has 0 bridgehead atoms. The number of imide groups is 2. The first-order valence-corrected chi connectivity index (χ1v) is 9.90. The van der Waals surface area contributed by atoms with E-state index in [1.165, 1.54) is 0 Å². The summed E-state index contributed by atoms with van der Waals surface area (Å²) in [5, 5.41) is 11.5. The zero-order valence-corrected chi connectivity index (χ0v) is 16.7. The molecule has 0 aromatic heterocycles. The summed E-state index contributed by atoms with van der Waals surface area (Å²) < 4.78 is 0. The molecule has 0 radical (unpaired) electrons. The van der Waals surface area contributed by atoms with Gasteiger partial charge in [-0.05, 0) is 47.4 Å². The number of fused-ring (bicyclic) bond motifs is 1. The third-order valence-electron chi connectivity index (χ3n) is 5.65. The molecule has 160 valence electrons. The maximum Gasteiger partial charge on any atom is 0.326 e. The van der Waals surface area contributed by atoms with E-state index in [0.29, 0.717) is 42.7 Å². The van der Waals surface area contributed by atoms with E-state index < -0.39 is 18.0 Å². The largest absolute Gasteiger partial charge is 0.392 e. The summed E-state index contributed by atoms with van der Waals surface area (Å²) in [6.45, 7) is 0.849. The van der Waals surface area contributed by atoms with Crippen LogP contribution in [0.4, 0.5) is 10.5 Å². The molecular formula is C22H22N4O5. The van der Waals surface area contributed by atoms with Crippen LogP contribution < -0.4 is 16.0 Å². The van der Waals surface area contributed by atoms with Gasteiger partial charge >= 0.3 is 6.03 Å². The highest BCUT2D eigenvalue weighted by Crippen LogP contribution is 2.29. The molecule has 1 saturated heterocycles. The van der Waals surface area contributed by atoms with E-state index in [1.54, 1.807) is 36.4 Å². The molecule has 9 nitrogen and oxygen atoms in total. The molecule has 0 aliphatic carbocycles. The molecular weight excluding hydrogens is 400 g/mol. The van der Waals surface area contributed by atoms with Gasteiger partial charge in [0.1, 0.15) is 0 Å². The highest BCUT2D eigenvalue weighted by molar-refractivity contribution is 6.20. The lowest BCUT2D eigenvalue weighted by atomic mass is 10.0. The van der Waals surface area contributed by atoms with Gasteiger partial charge in [-0.1, -0.05) is 18.2 Å². The van der Waals surface area contributed by atoms with Gasteiger partial charge in [-0.3, -0.25) is 24.6 Å². The van der Waals surface area contributed by atoms with E-state index in [1.807, 2.05) is 11.0 Å². The summed E-state index contributed by atoms with van der Waals surface area (Å²) in [5.74, 6) is -1.12. The Labute approximate surface area is 178 Å². The second kappa shape index (κ2) is 8.29. The van der Waals surface area contributed by atoms with Crippen molar-refractivity contribution in [2.24, 2.45) is 5.73 Å². The van der Waals surface area contributed by atoms with Gasteiger partial charge in [0.25, 0.3) is 5.91 Å². The molecule has 4 rings (SSSR count). The van der Waals surface area contributed by atoms with Crippen molar-refractivity contribution in [3.05, 3.63) is 64.7 Å². The van der Waals surface area contributed by atoms with Crippen LogP contribution in [0, 0.1) is 0 Å². The van der Waals surface area contributed by atoms with Crippen molar-refractivity contribution in [1.29, 1.82) is 0 Å². The molecule has 31 heavy (non-hydrogen) atoms. The standard InChI is InChI=1S/C22H22N4O5/c23-22(31)26(17-5-1-13(12-27)2-6-17)21(30)14-3-4-15-10-25(11-16(15)9-14)18-7-8-19(28)24-20(18)29/h1-6,9,18,27H,7-8,10-12H2,(H2,23,31)(H,24,28,29). The fourth-order valence-corrected chi connectivity index (χ4v) is 4.03. The van der Waals surface area contributed by atoms with Gasteiger partial charge < -0.3 is 10.8 Å². The van der Waals surface area contributed by atoms with E-state index in [0.717, 1.165) is 16.0 Å². The third kappa shape index (κ3) is 4.05. The van der Waals surface area contributed by atoms with Crippen LogP contribution >= 0.6 is 0 Å².